The third kappa shape index (κ3) is 5.07. The van der Waals surface area contributed by atoms with Crippen molar-refractivity contribution in [1.29, 1.82) is 0 Å². The molecule has 2 fully saturated rings. The average Bonchev–Trinajstić information content (AvgIpc) is 2.69. The summed E-state index contributed by atoms with van der Waals surface area (Å²) in [6, 6.07) is 7.07. The molecule has 0 amide bonds. The fraction of sp³-hybridized carbons (Fsp3) is 0.550. The van der Waals surface area contributed by atoms with E-state index in [1.54, 1.807) is 31.4 Å². The van der Waals surface area contributed by atoms with Gasteiger partial charge in [-0.1, -0.05) is 12.1 Å². The van der Waals surface area contributed by atoms with Gasteiger partial charge in [-0.2, -0.15) is 0 Å². The molecule has 2 heterocycles. The maximum absolute atomic E-state index is 11.8. The lowest BCUT2D eigenvalue weighted by Gasteiger charge is -2.47. The summed E-state index contributed by atoms with van der Waals surface area (Å²) in [5.74, 6) is -1.25. The van der Waals surface area contributed by atoms with Crippen LogP contribution in [0.5, 0.6) is 5.75 Å². The maximum atomic E-state index is 11.8. The SMILES string of the molecule is COc1ccc(C2OC[C@H]3O[C@@H](OC(C)=O)[C@H](OC(C)=O)[C@@H](OC(C)=O)[C@H]3O2)cc1. The molecule has 30 heavy (non-hydrogen) atoms. The second-order valence-corrected chi connectivity index (χ2v) is 6.84. The molecule has 0 spiro atoms. The van der Waals surface area contributed by atoms with E-state index in [1.807, 2.05) is 0 Å². The lowest BCUT2D eigenvalue weighted by Crippen LogP contribution is -2.64. The van der Waals surface area contributed by atoms with Gasteiger partial charge in [-0.15, -0.1) is 0 Å². The van der Waals surface area contributed by atoms with Gasteiger partial charge >= 0.3 is 17.9 Å². The molecule has 2 aliphatic heterocycles. The van der Waals surface area contributed by atoms with Crippen LogP contribution in [-0.4, -0.2) is 62.3 Å². The second kappa shape index (κ2) is 9.41. The van der Waals surface area contributed by atoms with E-state index in [2.05, 4.69) is 0 Å². The van der Waals surface area contributed by atoms with E-state index in [1.165, 1.54) is 20.8 Å². The summed E-state index contributed by atoms with van der Waals surface area (Å²) >= 11 is 0. The van der Waals surface area contributed by atoms with Crippen molar-refractivity contribution in [3.05, 3.63) is 29.8 Å². The third-order valence-electron chi connectivity index (χ3n) is 4.56. The predicted molar refractivity (Wildman–Crippen MR) is 98.1 cm³/mol. The van der Waals surface area contributed by atoms with Crippen molar-refractivity contribution in [2.45, 2.75) is 57.8 Å². The predicted octanol–water partition coefficient (Wildman–Crippen LogP) is 1.26. The van der Waals surface area contributed by atoms with E-state index in [-0.39, 0.29) is 6.61 Å². The molecule has 1 unspecified atom stereocenters. The Hall–Kier alpha value is -2.69. The Bertz CT molecular complexity index is 776. The van der Waals surface area contributed by atoms with E-state index < -0.39 is 54.9 Å². The fourth-order valence-electron chi connectivity index (χ4n) is 3.38. The molecular formula is C20H24O10. The van der Waals surface area contributed by atoms with Crippen molar-refractivity contribution in [1.82, 2.24) is 0 Å². The Morgan fingerprint density at radius 2 is 1.47 bits per heavy atom. The zero-order valence-corrected chi connectivity index (χ0v) is 17.1. The molecule has 0 aromatic heterocycles. The van der Waals surface area contributed by atoms with E-state index in [0.717, 1.165) is 0 Å². The number of methoxy groups -OCH3 is 1. The molecule has 0 radical (unpaired) electrons. The highest BCUT2D eigenvalue weighted by Crippen LogP contribution is 2.37. The molecule has 2 aliphatic rings. The molecule has 6 atom stereocenters. The average molecular weight is 424 g/mol. The van der Waals surface area contributed by atoms with Crippen LogP contribution < -0.4 is 4.74 Å². The minimum atomic E-state index is -1.28. The molecule has 0 N–H and O–H groups in total. The van der Waals surface area contributed by atoms with Crippen LogP contribution >= 0.6 is 0 Å². The Morgan fingerprint density at radius 3 is 2.03 bits per heavy atom. The Labute approximate surface area is 173 Å². The standard InChI is InChI=1S/C20H24O10/c1-10(21)26-17-16-15(29-20(28-12(3)23)18(17)27-11(2)22)9-25-19(30-16)13-5-7-14(24-4)8-6-13/h5-8,15-20H,9H2,1-4H3/t15-,16+,17+,18-,19?,20-/m1/s1. The van der Waals surface area contributed by atoms with Gasteiger partial charge in [0, 0.05) is 26.3 Å². The number of carbonyl (C=O) groups is 3. The third-order valence-corrected chi connectivity index (χ3v) is 4.56. The molecular weight excluding hydrogens is 400 g/mol. The first-order valence-electron chi connectivity index (χ1n) is 9.36. The van der Waals surface area contributed by atoms with Crippen LogP contribution in [0.1, 0.15) is 32.6 Å². The van der Waals surface area contributed by atoms with Gasteiger partial charge in [0.25, 0.3) is 0 Å². The molecule has 164 valence electrons. The molecule has 0 aliphatic carbocycles. The first kappa shape index (κ1) is 22.0. The number of ether oxygens (including phenoxy) is 7. The number of hydrogen-bond donors (Lipinski definition) is 0. The number of rotatable bonds is 5. The molecule has 2 saturated heterocycles. The zero-order chi connectivity index (χ0) is 21.8. The van der Waals surface area contributed by atoms with Crippen molar-refractivity contribution < 1.29 is 47.5 Å². The van der Waals surface area contributed by atoms with E-state index in [4.69, 9.17) is 33.2 Å². The monoisotopic (exact) mass is 424 g/mol. The summed E-state index contributed by atoms with van der Waals surface area (Å²) in [6.45, 7) is 3.67. The summed E-state index contributed by atoms with van der Waals surface area (Å²) in [6.07, 6.45) is -5.87. The van der Waals surface area contributed by atoms with Crippen molar-refractivity contribution in [3.63, 3.8) is 0 Å². The summed E-state index contributed by atoms with van der Waals surface area (Å²) < 4.78 is 38.5. The normalized spacial score (nSPS) is 30.5. The van der Waals surface area contributed by atoms with Gasteiger partial charge in [0.05, 0.1) is 13.7 Å². The van der Waals surface area contributed by atoms with Crippen LogP contribution in [0.3, 0.4) is 0 Å². The number of fused-ring (bicyclic) bond motifs is 1. The molecule has 1 aromatic rings. The molecule has 10 heteroatoms. The number of hydrogen-bond acceptors (Lipinski definition) is 10. The molecule has 10 nitrogen and oxygen atoms in total. The highest BCUT2D eigenvalue weighted by Gasteiger charge is 2.54. The Balaban J connectivity index is 1.87. The van der Waals surface area contributed by atoms with Gasteiger partial charge in [0.1, 0.15) is 18.0 Å². The van der Waals surface area contributed by atoms with Gasteiger partial charge in [0.2, 0.25) is 12.4 Å². The van der Waals surface area contributed by atoms with Gasteiger partial charge in [0.15, 0.2) is 12.4 Å². The summed E-state index contributed by atoms with van der Waals surface area (Å²) in [4.78, 5) is 34.9. The minimum Gasteiger partial charge on any atom is -0.497 e. The van der Waals surface area contributed by atoms with Gasteiger partial charge in [-0.3, -0.25) is 14.4 Å². The van der Waals surface area contributed by atoms with E-state index in [9.17, 15) is 14.4 Å². The molecule has 1 aromatic carbocycles. The highest BCUT2D eigenvalue weighted by molar-refractivity contribution is 5.68. The number of carbonyl (C=O) groups excluding carboxylic acids is 3. The van der Waals surface area contributed by atoms with Crippen LogP contribution in [-0.2, 0) is 42.8 Å². The van der Waals surface area contributed by atoms with Gasteiger partial charge in [-0.25, -0.2) is 0 Å². The van der Waals surface area contributed by atoms with Gasteiger partial charge < -0.3 is 33.2 Å². The van der Waals surface area contributed by atoms with E-state index >= 15 is 0 Å². The first-order chi connectivity index (χ1) is 14.3. The van der Waals surface area contributed by atoms with Crippen molar-refractivity contribution in [3.8, 4) is 5.75 Å². The van der Waals surface area contributed by atoms with Crippen LogP contribution in [0, 0.1) is 0 Å². The lowest BCUT2D eigenvalue weighted by atomic mass is 9.97. The highest BCUT2D eigenvalue weighted by atomic mass is 16.8. The quantitative estimate of drug-likeness (QED) is 0.505. The number of esters is 3. The second-order valence-electron chi connectivity index (χ2n) is 6.84. The smallest absolute Gasteiger partial charge is 0.305 e. The Kier molecular flexibility index (Phi) is 6.91. The maximum Gasteiger partial charge on any atom is 0.305 e. The molecule has 3 rings (SSSR count). The first-order valence-corrected chi connectivity index (χ1v) is 9.36. The summed E-state index contributed by atoms with van der Waals surface area (Å²) in [5, 5.41) is 0. The van der Waals surface area contributed by atoms with Gasteiger partial charge in [-0.05, 0) is 12.1 Å². The Morgan fingerprint density at radius 1 is 0.867 bits per heavy atom. The lowest BCUT2D eigenvalue weighted by molar-refractivity contribution is -0.356. The zero-order valence-electron chi connectivity index (χ0n) is 17.1. The fourth-order valence-corrected chi connectivity index (χ4v) is 3.38. The van der Waals surface area contributed by atoms with Crippen LogP contribution in [0.4, 0.5) is 0 Å². The van der Waals surface area contributed by atoms with Crippen molar-refractivity contribution >= 4 is 17.9 Å². The molecule has 0 bridgehead atoms. The van der Waals surface area contributed by atoms with Crippen LogP contribution in [0.25, 0.3) is 0 Å². The van der Waals surface area contributed by atoms with Crippen molar-refractivity contribution in [2.24, 2.45) is 0 Å². The molecule has 0 saturated carbocycles. The topological polar surface area (TPSA) is 116 Å². The summed E-state index contributed by atoms with van der Waals surface area (Å²) in [5.41, 5.74) is 0.710. The minimum absolute atomic E-state index is 0.0731. The summed E-state index contributed by atoms with van der Waals surface area (Å²) in [7, 11) is 1.56. The van der Waals surface area contributed by atoms with E-state index in [0.29, 0.717) is 11.3 Å². The van der Waals surface area contributed by atoms with Crippen LogP contribution in [0.15, 0.2) is 24.3 Å². The number of benzene rings is 1. The largest absolute Gasteiger partial charge is 0.497 e. The van der Waals surface area contributed by atoms with Crippen LogP contribution in [0.2, 0.25) is 0 Å². The van der Waals surface area contributed by atoms with Crippen molar-refractivity contribution in [2.75, 3.05) is 13.7 Å².